The second-order valence-corrected chi connectivity index (χ2v) is 4.34. The number of benzene rings is 1. The molecule has 90 valence electrons. The number of nitrogens with one attached hydrogen (secondary N) is 1. The largest absolute Gasteiger partial charge is 0.343 e. The van der Waals surface area contributed by atoms with E-state index in [4.69, 9.17) is 23.2 Å². The molecule has 1 aromatic heterocycles. The number of hydrogen-bond acceptors (Lipinski definition) is 4. The van der Waals surface area contributed by atoms with Gasteiger partial charge >= 0.3 is 0 Å². The standard InChI is InChI=1S/C11H11Cl2N3O/c12-9-2-1-8(5-10(9)13)6-14-4-3-11-15-7-17-16-11/h1-2,5,7,14H,3-4,6H2. The highest BCUT2D eigenvalue weighted by molar-refractivity contribution is 6.42. The third-order valence-corrected chi connectivity index (χ3v) is 2.98. The van der Waals surface area contributed by atoms with Gasteiger partial charge in [0, 0.05) is 19.5 Å². The van der Waals surface area contributed by atoms with E-state index in [1.54, 1.807) is 6.07 Å². The first-order valence-corrected chi connectivity index (χ1v) is 5.91. The number of nitrogens with zero attached hydrogens (tertiary/aromatic N) is 2. The normalized spacial score (nSPS) is 10.7. The van der Waals surface area contributed by atoms with Crippen molar-refractivity contribution in [3.05, 3.63) is 46.0 Å². The minimum Gasteiger partial charge on any atom is -0.343 e. The summed E-state index contributed by atoms with van der Waals surface area (Å²) in [7, 11) is 0. The van der Waals surface area contributed by atoms with Gasteiger partial charge in [-0.25, -0.2) is 0 Å². The molecule has 0 fully saturated rings. The molecule has 0 aliphatic rings. The van der Waals surface area contributed by atoms with Crippen LogP contribution in [0.5, 0.6) is 0 Å². The van der Waals surface area contributed by atoms with E-state index in [9.17, 15) is 0 Å². The molecule has 2 rings (SSSR count). The van der Waals surface area contributed by atoms with Gasteiger partial charge < -0.3 is 9.84 Å². The molecule has 0 radical (unpaired) electrons. The van der Waals surface area contributed by atoms with Crippen LogP contribution in [0, 0.1) is 0 Å². The van der Waals surface area contributed by atoms with Gasteiger partial charge in [-0.15, -0.1) is 0 Å². The predicted molar refractivity (Wildman–Crippen MR) is 66.2 cm³/mol. The lowest BCUT2D eigenvalue weighted by atomic mass is 10.2. The van der Waals surface area contributed by atoms with Gasteiger partial charge in [-0.3, -0.25) is 0 Å². The third kappa shape index (κ3) is 3.70. The summed E-state index contributed by atoms with van der Waals surface area (Å²) < 4.78 is 4.64. The number of rotatable bonds is 5. The Hall–Kier alpha value is -1.10. The smallest absolute Gasteiger partial charge is 0.213 e. The Kier molecular flexibility index (Phi) is 4.36. The molecule has 1 aromatic carbocycles. The fraction of sp³-hybridized carbons (Fsp3) is 0.273. The first-order valence-electron chi connectivity index (χ1n) is 5.15. The van der Waals surface area contributed by atoms with Crippen molar-refractivity contribution in [2.45, 2.75) is 13.0 Å². The highest BCUT2D eigenvalue weighted by Gasteiger charge is 2.00. The van der Waals surface area contributed by atoms with Gasteiger partial charge in [0.2, 0.25) is 6.39 Å². The second kappa shape index (κ2) is 6.00. The molecule has 6 heteroatoms. The molecule has 1 heterocycles. The first kappa shape index (κ1) is 12.4. The molecule has 0 bridgehead atoms. The van der Waals surface area contributed by atoms with Crippen LogP contribution in [0.15, 0.2) is 29.1 Å². The van der Waals surface area contributed by atoms with Crippen molar-refractivity contribution in [2.75, 3.05) is 6.54 Å². The van der Waals surface area contributed by atoms with Gasteiger partial charge in [-0.2, -0.15) is 4.98 Å². The van der Waals surface area contributed by atoms with Crippen LogP contribution in [0.3, 0.4) is 0 Å². The van der Waals surface area contributed by atoms with E-state index in [2.05, 4.69) is 20.0 Å². The Labute approximate surface area is 109 Å². The lowest BCUT2D eigenvalue weighted by Crippen LogP contribution is -2.17. The van der Waals surface area contributed by atoms with Crippen molar-refractivity contribution in [2.24, 2.45) is 0 Å². The Bertz CT molecular complexity index is 474. The molecule has 0 amide bonds. The Morgan fingerprint density at radius 2 is 2.12 bits per heavy atom. The third-order valence-electron chi connectivity index (χ3n) is 2.25. The molecule has 0 aliphatic carbocycles. The zero-order chi connectivity index (χ0) is 12.1. The Morgan fingerprint density at radius 1 is 1.24 bits per heavy atom. The van der Waals surface area contributed by atoms with Gasteiger partial charge in [-0.05, 0) is 17.7 Å². The molecule has 0 unspecified atom stereocenters. The van der Waals surface area contributed by atoms with E-state index in [-0.39, 0.29) is 0 Å². The van der Waals surface area contributed by atoms with Gasteiger partial charge in [0.15, 0.2) is 5.82 Å². The van der Waals surface area contributed by atoms with Crippen molar-refractivity contribution in [1.82, 2.24) is 15.5 Å². The molecule has 1 N–H and O–H groups in total. The topological polar surface area (TPSA) is 51.0 Å². The average molecular weight is 272 g/mol. The Balaban J connectivity index is 1.76. The van der Waals surface area contributed by atoms with Crippen molar-refractivity contribution in [3.63, 3.8) is 0 Å². The fourth-order valence-electron chi connectivity index (χ4n) is 1.39. The van der Waals surface area contributed by atoms with Gasteiger partial charge in [0.05, 0.1) is 10.0 Å². The monoisotopic (exact) mass is 271 g/mol. The molecule has 17 heavy (non-hydrogen) atoms. The first-order chi connectivity index (χ1) is 8.25. The molecular weight excluding hydrogens is 261 g/mol. The van der Waals surface area contributed by atoms with Crippen LogP contribution in [-0.2, 0) is 13.0 Å². The zero-order valence-corrected chi connectivity index (χ0v) is 10.5. The maximum absolute atomic E-state index is 5.92. The fourth-order valence-corrected chi connectivity index (χ4v) is 1.71. The lowest BCUT2D eigenvalue weighted by molar-refractivity contribution is 0.409. The van der Waals surface area contributed by atoms with Crippen molar-refractivity contribution in [1.29, 1.82) is 0 Å². The summed E-state index contributed by atoms with van der Waals surface area (Å²) in [5.74, 6) is 0.701. The van der Waals surface area contributed by atoms with Crippen molar-refractivity contribution >= 4 is 23.2 Å². The van der Waals surface area contributed by atoms with Crippen molar-refractivity contribution < 1.29 is 4.52 Å². The second-order valence-electron chi connectivity index (χ2n) is 3.52. The quantitative estimate of drug-likeness (QED) is 0.850. The molecular formula is C11H11Cl2N3O. The summed E-state index contributed by atoms with van der Waals surface area (Å²) in [4.78, 5) is 3.93. The highest BCUT2D eigenvalue weighted by Crippen LogP contribution is 2.22. The van der Waals surface area contributed by atoms with Gasteiger partial charge in [-0.1, -0.05) is 34.4 Å². The Morgan fingerprint density at radius 3 is 2.82 bits per heavy atom. The average Bonchev–Trinajstić information content (AvgIpc) is 2.82. The maximum atomic E-state index is 5.92. The van der Waals surface area contributed by atoms with E-state index in [1.807, 2.05) is 12.1 Å². The van der Waals surface area contributed by atoms with E-state index >= 15 is 0 Å². The molecule has 0 atom stereocenters. The molecule has 0 spiro atoms. The van der Waals surface area contributed by atoms with Crippen LogP contribution >= 0.6 is 23.2 Å². The van der Waals surface area contributed by atoms with Crippen molar-refractivity contribution in [3.8, 4) is 0 Å². The van der Waals surface area contributed by atoms with E-state index in [1.165, 1.54) is 6.39 Å². The minimum absolute atomic E-state index is 0.571. The van der Waals surface area contributed by atoms with E-state index in [0.29, 0.717) is 15.9 Å². The summed E-state index contributed by atoms with van der Waals surface area (Å²) >= 11 is 11.7. The molecule has 2 aromatic rings. The van der Waals surface area contributed by atoms with Crippen LogP contribution in [-0.4, -0.2) is 16.7 Å². The molecule has 0 saturated heterocycles. The van der Waals surface area contributed by atoms with Crippen LogP contribution in [0.4, 0.5) is 0 Å². The number of hydrogen-bond donors (Lipinski definition) is 1. The van der Waals surface area contributed by atoms with Crippen LogP contribution in [0.1, 0.15) is 11.4 Å². The zero-order valence-electron chi connectivity index (χ0n) is 8.99. The summed E-state index contributed by atoms with van der Waals surface area (Å²) in [6.45, 7) is 1.51. The van der Waals surface area contributed by atoms with Crippen LogP contribution in [0.2, 0.25) is 10.0 Å². The lowest BCUT2D eigenvalue weighted by Gasteiger charge is -2.04. The predicted octanol–water partition coefficient (Wildman–Crippen LogP) is 2.71. The van der Waals surface area contributed by atoms with Gasteiger partial charge in [0.1, 0.15) is 0 Å². The number of halogens is 2. The number of aromatic nitrogens is 2. The summed E-state index contributed by atoms with van der Waals surface area (Å²) in [6, 6.07) is 5.58. The maximum Gasteiger partial charge on any atom is 0.213 e. The van der Waals surface area contributed by atoms with E-state index < -0.39 is 0 Å². The SMILES string of the molecule is Clc1ccc(CNCCc2ncon2)cc1Cl. The van der Waals surface area contributed by atoms with Crippen LogP contribution < -0.4 is 5.32 Å². The molecule has 4 nitrogen and oxygen atoms in total. The summed E-state index contributed by atoms with van der Waals surface area (Å²) in [6.07, 6.45) is 2.06. The summed E-state index contributed by atoms with van der Waals surface area (Å²) in [5.41, 5.74) is 1.09. The minimum atomic E-state index is 0.571. The summed E-state index contributed by atoms with van der Waals surface area (Å²) in [5, 5.41) is 8.13. The molecule has 0 aliphatic heterocycles. The van der Waals surface area contributed by atoms with E-state index in [0.717, 1.165) is 25.1 Å². The van der Waals surface area contributed by atoms with Crippen LogP contribution in [0.25, 0.3) is 0 Å². The highest BCUT2D eigenvalue weighted by atomic mass is 35.5. The molecule has 0 saturated carbocycles. The van der Waals surface area contributed by atoms with Gasteiger partial charge in [0.25, 0.3) is 0 Å².